The van der Waals surface area contributed by atoms with Crippen molar-refractivity contribution in [2.75, 3.05) is 18.0 Å². The van der Waals surface area contributed by atoms with E-state index >= 15 is 0 Å². The van der Waals surface area contributed by atoms with E-state index in [4.69, 9.17) is 11.1 Å². The van der Waals surface area contributed by atoms with Gasteiger partial charge in [0.05, 0.1) is 12.3 Å². The van der Waals surface area contributed by atoms with Gasteiger partial charge in [-0.25, -0.2) is 14.8 Å². The number of hydrogen-bond donors (Lipinski definition) is 4. The molecule has 2 aromatic rings. The number of amidine groups is 1. The Morgan fingerprint density at radius 2 is 1.88 bits per heavy atom. The van der Waals surface area contributed by atoms with Gasteiger partial charge in [-0.05, 0) is 30.4 Å². The third kappa shape index (κ3) is 4.58. The molecule has 10 nitrogen and oxygen atoms in total. The highest BCUT2D eigenvalue weighted by Crippen LogP contribution is 2.28. The number of aryl methyl sites for hydroxylation is 1. The predicted molar refractivity (Wildman–Crippen MR) is 118 cm³/mol. The zero-order valence-electron chi connectivity index (χ0n) is 17.6. The third-order valence-electron chi connectivity index (χ3n) is 5.89. The van der Waals surface area contributed by atoms with Gasteiger partial charge in [-0.1, -0.05) is 24.3 Å². The standard InChI is InChI=1S/C22H25N7O3/c23-18(24)11-17(30)5-4-14-2-1-3-15(10-14)16-12-25-20(26-13-16)29-8-6-22(7-9-29)19(31)27-21(32)28-22/h1-3,10,12-13H,4-9,11H2,(H3,23,24)(H2,27,28,31,32). The molecular weight excluding hydrogens is 410 g/mol. The molecule has 1 aromatic heterocycles. The average molecular weight is 435 g/mol. The van der Waals surface area contributed by atoms with Crippen LogP contribution >= 0.6 is 0 Å². The van der Waals surface area contributed by atoms with Gasteiger partial charge in [0.1, 0.15) is 11.3 Å². The van der Waals surface area contributed by atoms with E-state index in [-0.39, 0.29) is 23.9 Å². The summed E-state index contributed by atoms with van der Waals surface area (Å²) in [7, 11) is 0. The molecule has 10 heteroatoms. The molecule has 1 spiro atoms. The van der Waals surface area contributed by atoms with Gasteiger partial charge in [0.15, 0.2) is 0 Å². The maximum absolute atomic E-state index is 12.1. The van der Waals surface area contributed by atoms with Crippen LogP contribution in [-0.2, 0) is 16.0 Å². The molecule has 2 aliphatic rings. The summed E-state index contributed by atoms with van der Waals surface area (Å²) in [5, 5.41) is 12.3. The van der Waals surface area contributed by atoms with Crippen LogP contribution in [0, 0.1) is 5.41 Å². The number of rotatable bonds is 7. The Hall–Kier alpha value is -3.82. The van der Waals surface area contributed by atoms with Gasteiger partial charge in [-0.15, -0.1) is 0 Å². The van der Waals surface area contributed by atoms with Crippen LogP contribution < -0.4 is 21.3 Å². The molecule has 3 amide bonds. The first kappa shape index (κ1) is 21.4. The first-order valence-electron chi connectivity index (χ1n) is 10.5. The number of ketones is 1. The maximum Gasteiger partial charge on any atom is 0.322 e. The van der Waals surface area contributed by atoms with Gasteiger partial charge in [0.2, 0.25) is 5.95 Å². The molecule has 0 aliphatic carbocycles. The van der Waals surface area contributed by atoms with Crippen molar-refractivity contribution in [3.8, 4) is 11.1 Å². The number of carbonyl (C=O) groups is 3. The second-order valence-electron chi connectivity index (χ2n) is 8.19. The van der Waals surface area contributed by atoms with E-state index in [1.54, 1.807) is 12.4 Å². The molecule has 2 fully saturated rings. The van der Waals surface area contributed by atoms with Gasteiger partial charge >= 0.3 is 6.03 Å². The minimum atomic E-state index is -0.820. The molecule has 0 bridgehead atoms. The van der Waals surface area contributed by atoms with Crippen LogP contribution in [-0.4, -0.2) is 52.2 Å². The van der Waals surface area contributed by atoms with Crippen LogP contribution in [0.1, 0.15) is 31.2 Å². The Bertz CT molecular complexity index is 1060. The highest BCUT2D eigenvalue weighted by molar-refractivity contribution is 6.07. The number of nitrogens with two attached hydrogens (primary N) is 1. The molecule has 0 unspecified atom stereocenters. The number of hydrogen-bond acceptors (Lipinski definition) is 7. The molecule has 32 heavy (non-hydrogen) atoms. The van der Waals surface area contributed by atoms with E-state index in [0.29, 0.717) is 44.7 Å². The maximum atomic E-state index is 12.1. The van der Waals surface area contributed by atoms with Crippen molar-refractivity contribution in [3.63, 3.8) is 0 Å². The number of carbonyl (C=O) groups excluding carboxylic acids is 3. The van der Waals surface area contributed by atoms with Crippen molar-refractivity contribution < 1.29 is 14.4 Å². The van der Waals surface area contributed by atoms with Crippen molar-refractivity contribution >= 4 is 29.5 Å². The van der Waals surface area contributed by atoms with E-state index in [2.05, 4.69) is 20.6 Å². The van der Waals surface area contributed by atoms with E-state index in [9.17, 15) is 14.4 Å². The van der Waals surface area contributed by atoms with E-state index in [0.717, 1.165) is 16.7 Å². The Morgan fingerprint density at radius 1 is 1.16 bits per heavy atom. The highest BCUT2D eigenvalue weighted by atomic mass is 16.2. The number of nitrogens with one attached hydrogen (secondary N) is 3. The van der Waals surface area contributed by atoms with E-state index in [1.807, 2.05) is 29.2 Å². The quantitative estimate of drug-likeness (QED) is 0.289. The zero-order valence-corrected chi connectivity index (χ0v) is 17.6. The first-order valence-corrected chi connectivity index (χ1v) is 10.5. The van der Waals surface area contributed by atoms with Crippen LogP contribution in [0.4, 0.5) is 10.7 Å². The van der Waals surface area contributed by atoms with Crippen LogP contribution in [0.25, 0.3) is 11.1 Å². The summed E-state index contributed by atoms with van der Waals surface area (Å²) in [6.45, 7) is 1.13. The lowest BCUT2D eigenvalue weighted by atomic mass is 9.88. The molecule has 0 saturated carbocycles. The first-order chi connectivity index (χ1) is 15.3. The minimum absolute atomic E-state index is 0.0103. The summed E-state index contributed by atoms with van der Waals surface area (Å²) in [5.74, 6) is 0.162. The molecule has 0 radical (unpaired) electrons. The number of aromatic nitrogens is 2. The number of urea groups is 1. The Labute approximate surface area is 185 Å². The summed E-state index contributed by atoms with van der Waals surface area (Å²) >= 11 is 0. The van der Waals surface area contributed by atoms with Gasteiger partial charge in [0.25, 0.3) is 5.91 Å². The SMILES string of the molecule is N=C(N)CC(=O)CCc1cccc(-c2cnc(N3CCC4(CC3)NC(=O)NC4=O)nc2)c1. The lowest BCUT2D eigenvalue weighted by molar-refractivity contribution is -0.124. The van der Waals surface area contributed by atoms with Crippen molar-refractivity contribution in [1.29, 1.82) is 5.41 Å². The summed E-state index contributed by atoms with van der Waals surface area (Å²) in [6, 6.07) is 7.42. The predicted octanol–water partition coefficient (Wildman–Crippen LogP) is 1.15. The monoisotopic (exact) mass is 435 g/mol. The summed E-state index contributed by atoms with van der Waals surface area (Å²) in [4.78, 5) is 46.4. The average Bonchev–Trinajstić information content (AvgIpc) is 3.05. The second kappa shape index (κ2) is 8.74. The van der Waals surface area contributed by atoms with Gasteiger partial charge < -0.3 is 16.0 Å². The van der Waals surface area contributed by atoms with Crippen LogP contribution in [0.3, 0.4) is 0 Å². The smallest absolute Gasteiger partial charge is 0.322 e. The number of piperidine rings is 1. The third-order valence-corrected chi connectivity index (χ3v) is 5.89. The molecule has 2 saturated heterocycles. The number of imide groups is 1. The molecule has 3 heterocycles. The summed E-state index contributed by atoms with van der Waals surface area (Å²) in [6.07, 6.45) is 5.43. The van der Waals surface area contributed by atoms with Crippen molar-refractivity contribution in [2.45, 2.75) is 37.6 Å². The molecule has 2 aliphatic heterocycles. The Balaban J connectivity index is 1.38. The van der Waals surface area contributed by atoms with Crippen LogP contribution in [0.5, 0.6) is 0 Å². The lowest BCUT2D eigenvalue weighted by Crippen LogP contribution is -2.55. The summed E-state index contributed by atoms with van der Waals surface area (Å²) in [5.41, 5.74) is 7.29. The van der Waals surface area contributed by atoms with Crippen LogP contribution in [0.15, 0.2) is 36.7 Å². The fraction of sp³-hybridized carbons (Fsp3) is 0.364. The zero-order chi connectivity index (χ0) is 22.7. The second-order valence-corrected chi connectivity index (χ2v) is 8.19. The van der Waals surface area contributed by atoms with E-state index in [1.165, 1.54) is 0 Å². The fourth-order valence-electron chi connectivity index (χ4n) is 4.09. The van der Waals surface area contributed by atoms with Crippen molar-refractivity contribution in [2.24, 2.45) is 5.73 Å². The molecule has 5 N–H and O–H groups in total. The molecule has 166 valence electrons. The van der Waals surface area contributed by atoms with Crippen molar-refractivity contribution in [1.82, 2.24) is 20.6 Å². The fourth-order valence-corrected chi connectivity index (χ4v) is 4.09. The number of nitrogens with zero attached hydrogens (tertiary/aromatic N) is 3. The molecule has 1 aromatic carbocycles. The largest absolute Gasteiger partial charge is 0.387 e. The van der Waals surface area contributed by atoms with Crippen molar-refractivity contribution in [3.05, 3.63) is 42.2 Å². The molecule has 4 rings (SSSR count). The van der Waals surface area contributed by atoms with E-state index < -0.39 is 11.6 Å². The van der Waals surface area contributed by atoms with Crippen LogP contribution in [0.2, 0.25) is 0 Å². The Morgan fingerprint density at radius 3 is 2.50 bits per heavy atom. The number of Topliss-reactive ketones (excluding diaryl/α,β-unsaturated/α-hetero) is 1. The van der Waals surface area contributed by atoms with Gasteiger partial charge in [0, 0.05) is 37.5 Å². The minimum Gasteiger partial charge on any atom is -0.387 e. The highest BCUT2D eigenvalue weighted by Gasteiger charge is 2.48. The lowest BCUT2D eigenvalue weighted by Gasteiger charge is -2.36. The normalized spacial score (nSPS) is 17.2. The number of amides is 3. The van der Waals surface area contributed by atoms with Gasteiger partial charge in [-0.2, -0.15) is 0 Å². The summed E-state index contributed by atoms with van der Waals surface area (Å²) < 4.78 is 0. The number of benzene rings is 1. The van der Waals surface area contributed by atoms with Gasteiger partial charge in [-0.3, -0.25) is 20.3 Å². The molecule has 0 atom stereocenters. The Kier molecular flexibility index (Phi) is 5.85. The topological polar surface area (TPSA) is 154 Å². The molecular formula is C22H25N7O3. The number of anilines is 1.